The standard InChI is InChI=1S/C26H23F2NO5/c1-2-32-24-16-18(8-14-22(30)19-10-12-21(13-11-19)34-26(27)28)9-15-23(24)33-17-25(31)29-20-6-4-3-5-7-20/h3-16,26H,2,17H2,1H3,(H,29,31)/b14-8+. The van der Waals surface area contributed by atoms with Crippen LogP contribution in [0.4, 0.5) is 14.5 Å². The number of ketones is 1. The van der Waals surface area contributed by atoms with Gasteiger partial charge in [-0.1, -0.05) is 30.3 Å². The van der Waals surface area contributed by atoms with Crippen molar-refractivity contribution in [1.82, 2.24) is 0 Å². The number of anilines is 1. The number of amides is 1. The molecular weight excluding hydrogens is 444 g/mol. The number of hydrogen-bond donors (Lipinski definition) is 1. The van der Waals surface area contributed by atoms with Crippen LogP contribution >= 0.6 is 0 Å². The van der Waals surface area contributed by atoms with E-state index in [1.165, 1.54) is 30.3 Å². The second kappa shape index (κ2) is 12.2. The zero-order chi connectivity index (χ0) is 24.3. The first-order valence-corrected chi connectivity index (χ1v) is 10.5. The number of carbonyl (C=O) groups excluding carboxylic acids is 2. The first kappa shape index (κ1) is 24.4. The number of alkyl halides is 2. The lowest BCUT2D eigenvalue weighted by Gasteiger charge is -2.12. The van der Waals surface area contributed by atoms with Crippen molar-refractivity contribution in [2.24, 2.45) is 0 Å². The summed E-state index contributed by atoms with van der Waals surface area (Å²) in [7, 11) is 0. The van der Waals surface area contributed by atoms with Crippen LogP contribution in [-0.4, -0.2) is 31.5 Å². The summed E-state index contributed by atoms with van der Waals surface area (Å²) in [5, 5.41) is 2.74. The maximum absolute atomic E-state index is 12.4. The average Bonchev–Trinajstić information content (AvgIpc) is 2.83. The predicted octanol–water partition coefficient (Wildman–Crippen LogP) is 5.60. The van der Waals surface area contributed by atoms with Gasteiger partial charge in [-0.25, -0.2) is 0 Å². The Morgan fingerprint density at radius 2 is 1.68 bits per heavy atom. The number of ether oxygens (including phenoxy) is 3. The molecule has 1 N–H and O–H groups in total. The van der Waals surface area contributed by atoms with Gasteiger partial charge in [-0.2, -0.15) is 8.78 Å². The molecule has 3 aromatic carbocycles. The summed E-state index contributed by atoms with van der Waals surface area (Å²) in [4.78, 5) is 24.5. The number of rotatable bonds is 11. The van der Waals surface area contributed by atoms with Crippen LogP contribution in [0.3, 0.4) is 0 Å². The Bertz CT molecular complexity index is 1130. The Morgan fingerprint density at radius 1 is 0.941 bits per heavy atom. The third-order valence-electron chi connectivity index (χ3n) is 4.48. The molecule has 0 unspecified atom stereocenters. The number of allylic oxidation sites excluding steroid dienone is 1. The summed E-state index contributed by atoms with van der Waals surface area (Å²) < 4.78 is 40.0. The maximum atomic E-state index is 12.4. The SMILES string of the molecule is CCOc1cc(/C=C/C(=O)c2ccc(OC(F)F)cc2)ccc1OCC(=O)Nc1ccccc1. The van der Waals surface area contributed by atoms with Crippen molar-refractivity contribution in [3.8, 4) is 17.2 Å². The number of carbonyl (C=O) groups is 2. The molecule has 8 heteroatoms. The van der Waals surface area contributed by atoms with Crippen LogP contribution in [0.1, 0.15) is 22.8 Å². The average molecular weight is 467 g/mol. The molecule has 3 aromatic rings. The highest BCUT2D eigenvalue weighted by molar-refractivity contribution is 6.06. The number of halogens is 2. The Hall–Kier alpha value is -4.20. The number of nitrogens with one attached hydrogen (secondary N) is 1. The summed E-state index contributed by atoms with van der Waals surface area (Å²) in [5.74, 6) is 0.179. The highest BCUT2D eigenvalue weighted by Gasteiger charge is 2.10. The minimum Gasteiger partial charge on any atom is -0.490 e. The molecule has 0 spiro atoms. The van der Waals surface area contributed by atoms with Gasteiger partial charge >= 0.3 is 6.61 Å². The summed E-state index contributed by atoms with van der Waals surface area (Å²) >= 11 is 0. The van der Waals surface area contributed by atoms with E-state index in [9.17, 15) is 18.4 Å². The second-order valence-corrected chi connectivity index (χ2v) is 6.94. The molecule has 0 saturated carbocycles. The van der Waals surface area contributed by atoms with Gasteiger partial charge in [-0.3, -0.25) is 9.59 Å². The molecule has 0 fully saturated rings. The molecule has 0 aliphatic carbocycles. The predicted molar refractivity (Wildman–Crippen MR) is 125 cm³/mol. The van der Waals surface area contributed by atoms with Crippen molar-refractivity contribution in [2.45, 2.75) is 13.5 Å². The third kappa shape index (κ3) is 7.44. The van der Waals surface area contributed by atoms with Crippen LogP contribution in [0.25, 0.3) is 6.08 Å². The van der Waals surface area contributed by atoms with Crippen molar-refractivity contribution in [1.29, 1.82) is 0 Å². The topological polar surface area (TPSA) is 73.9 Å². The highest BCUT2D eigenvalue weighted by Crippen LogP contribution is 2.29. The Balaban J connectivity index is 1.63. The highest BCUT2D eigenvalue weighted by atomic mass is 19.3. The van der Waals surface area contributed by atoms with E-state index in [1.807, 2.05) is 25.1 Å². The molecule has 0 heterocycles. The Kier molecular flexibility index (Phi) is 8.73. The zero-order valence-corrected chi connectivity index (χ0v) is 18.4. The van der Waals surface area contributed by atoms with E-state index in [4.69, 9.17) is 9.47 Å². The van der Waals surface area contributed by atoms with Crippen LogP contribution in [0.5, 0.6) is 17.2 Å². The fourth-order valence-electron chi connectivity index (χ4n) is 2.95. The van der Waals surface area contributed by atoms with E-state index < -0.39 is 6.61 Å². The molecule has 0 aliphatic rings. The van der Waals surface area contributed by atoms with Crippen molar-refractivity contribution < 1.29 is 32.6 Å². The summed E-state index contributed by atoms with van der Waals surface area (Å²) in [5.41, 5.74) is 1.67. The molecule has 0 aromatic heterocycles. The summed E-state index contributed by atoms with van der Waals surface area (Å²) in [6.07, 6.45) is 2.96. The van der Waals surface area contributed by atoms with Gasteiger partial charge in [0.05, 0.1) is 6.61 Å². The first-order valence-electron chi connectivity index (χ1n) is 10.5. The first-order chi connectivity index (χ1) is 16.4. The van der Waals surface area contributed by atoms with E-state index in [2.05, 4.69) is 10.1 Å². The molecule has 6 nitrogen and oxygen atoms in total. The molecule has 1 amide bonds. The molecule has 0 aliphatic heterocycles. The van der Waals surface area contributed by atoms with Crippen LogP contribution in [0.15, 0.2) is 78.9 Å². The largest absolute Gasteiger partial charge is 0.490 e. The third-order valence-corrected chi connectivity index (χ3v) is 4.48. The number of para-hydroxylation sites is 1. The van der Waals surface area contributed by atoms with Gasteiger partial charge in [0, 0.05) is 11.3 Å². The second-order valence-electron chi connectivity index (χ2n) is 6.94. The molecule has 0 atom stereocenters. The van der Waals surface area contributed by atoms with E-state index in [0.717, 1.165) is 0 Å². The smallest absolute Gasteiger partial charge is 0.387 e. The van der Waals surface area contributed by atoms with Crippen molar-refractivity contribution in [2.75, 3.05) is 18.5 Å². The van der Waals surface area contributed by atoms with Gasteiger partial charge in [-0.15, -0.1) is 0 Å². The van der Waals surface area contributed by atoms with Crippen molar-refractivity contribution in [3.05, 3.63) is 90.0 Å². The van der Waals surface area contributed by atoms with E-state index in [-0.39, 0.29) is 24.0 Å². The minimum atomic E-state index is -2.92. The summed E-state index contributed by atoms with van der Waals surface area (Å²) in [6.45, 7) is -0.926. The van der Waals surface area contributed by atoms with Crippen LogP contribution < -0.4 is 19.5 Å². The number of hydrogen-bond acceptors (Lipinski definition) is 5. The molecule has 0 radical (unpaired) electrons. The molecule has 3 rings (SSSR count). The van der Waals surface area contributed by atoms with Crippen LogP contribution in [-0.2, 0) is 4.79 Å². The van der Waals surface area contributed by atoms with Crippen LogP contribution in [0, 0.1) is 0 Å². The zero-order valence-electron chi connectivity index (χ0n) is 18.4. The Labute approximate surface area is 195 Å². The Morgan fingerprint density at radius 3 is 2.35 bits per heavy atom. The van der Waals surface area contributed by atoms with Gasteiger partial charge in [0.2, 0.25) is 0 Å². The lowest BCUT2D eigenvalue weighted by molar-refractivity contribution is -0.118. The van der Waals surface area contributed by atoms with Gasteiger partial charge in [0.15, 0.2) is 23.9 Å². The lowest BCUT2D eigenvalue weighted by Crippen LogP contribution is -2.20. The normalized spacial score (nSPS) is 10.8. The maximum Gasteiger partial charge on any atom is 0.387 e. The molecule has 176 valence electrons. The quantitative estimate of drug-likeness (QED) is 0.294. The van der Waals surface area contributed by atoms with Crippen molar-refractivity contribution in [3.63, 3.8) is 0 Å². The molecule has 0 saturated heterocycles. The van der Waals surface area contributed by atoms with Gasteiger partial charge < -0.3 is 19.5 Å². The fourth-order valence-corrected chi connectivity index (χ4v) is 2.95. The van der Waals surface area contributed by atoms with Crippen LogP contribution in [0.2, 0.25) is 0 Å². The van der Waals surface area contributed by atoms with E-state index >= 15 is 0 Å². The summed E-state index contributed by atoms with van der Waals surface area (Å²) in [6, 6.07) is 19.5. The van der Waals surface area contributed by atoms with Crippen molar-refractivity contribution >= 4 is 23.5 Å². The van der Waals surface area contributed by atoms with Gasteiger partial charge in [-0.05, 0) is 67.1 Å². The van der Waals surface area contributed by atoms with E-state index in [0.29, 0.717) is 34.9 Å². The fraction of sp³-hybridized carbons (Fsp3) is 0.154. The monoisotopic (exact) mass is 467 g/mol. The van der Waals surface area contributed by atoms with Gasteiger partial charge in [0.25, 0.3) is 5.91 Å². The molecule has 0 bridgehead atoms. The lowest BCUT2D eigenvalue weighted by atomic mass is 10.1. The molecular formula is C26H23F2NO5. The molecule has 34 heavy (non-hydrogen) atoms. The minimum absolute atomic E-state index is 0.0232. The van der Waals surface area contributed by atoms with Gasteiger partial charge in [0.1, 0.15) is 5.75 Å². The van der Waals surface area contributed by atoms with E-state index in [1.54, 1.807) is 36.4 Å². The number of benzene rings is 3.